The number of sulfonamides is 1. The number of benzene rings is 2. The van der Waals surface area contributed by atoms with E-state index in [1.165, 1.54) is 0 Å². The molecule has 1 atom stereocenters. The van der Waals surface area contributed by atoms with Crippen molar-refractivity contribution in [3.05, 3.63) is 72.8 Å². The van der Waals surface area contributed by atoms with Crippen LogP contribution in [-0.4, -0.2) is 34.2 Å². The Morgan fingerprint density at radius 1 is 1.07 bits per heavy atom. The molecule has 29 heavy (non-hydrogen) atoms. The standard InChI is InChI=1S/C20H20N6O2S/c1-14(15-6-4-3-5-7-15)23-19-11-21-12-20(24-19)26-13-22-17-10-16(8-9-18(17)26)25-29(2,27)28/h3-14,25H,1-2H3,(H,23,24)/t14-/m0/s1. The lowest BCUT2D eigenvalue weighted by molar-refractivity contribution is 0.607. The monoisotopic (exact) mass is 408 g/mol. The van der Waals surface area contributed by atoms with Crippen LogP contribution in [0.25, 0.3) is 16.9 Å². The molecule has 0 saturated carbocycles. The average molecular weight is 408 g/mol. The van der Waals surface area contributed by atoms with Crippen LogP contribution in [0.1, 0.15) is 18.5 Å². The smallest absolute Gasteiger partial charge is 0.229 e. The zero-order chi connectivity index (χ0) is 20.4. The summed E-state index contributed by atoms with van der Waals surface area (Å²) in [6, 6.07) is 15.3. The number of fused-ring (bicyclic) bond motifs is 1. The minimum Gasteiger partial charge on any atom is -0.362 e. The van der Waals surface area contributed by atoms with Crippen LogP contribution >= 0.6 is 0 Å². The third-order valence-electron chi connectivity index (χ3n) is 4.38. The number of imidazole rings is 1. The Hall–Kier alpha value is -3.46. The van der Waals surface area contributed by atoms with Crippen molar-refractivity contribution in [2.75, 3.05) is 16.3 Å². The fourth-order valence-electron chi connectivity index (χ4n) is 3.06. The molecule has 148 valence electrons. The van der Waals surface area contributed by atoms with Gasteiger partial charge in [-0.25, -0.2) is 18.4 Å². The van der Waals surface area contributed by atoms with E-state index < -0.39 is 10.0 Å². The maximum absolute atomic E-state index is 11.4. The molecule has 9 heteroatoms. The summed E-state index contributed by atoms with van der Waals surface area (Å²) < 4.78 is 27.1. The van der Waals surface area contributed by atoms with Crippen LogP contribution < -0.4 is 10.0 Å². The van der Waals surface area contributed by atoms with E-state index in [0.29, 0.717) is 22.8 Å². The Labute approximate surface area is 168 Å². The second kappa shape index (κ2) is 7.51. The van der Waals surface area contributed by atoms with Gasteiger partial charge >= 0.3 is 0 Å². The summed E-state index contributed by atoms with van der Waals surface area (Å²) in [5.74, 6) is 1.26. The van der Waals surface area contributed by atoms with Crippen molar-refractivity contribution in [3.63, 3.8) is 0 Å². The van der Waals surface area contributed by atoms with Crippen molar-refractivity contribution in [2.45, 2.75) is 13.0 Å². The molecule has 0 spiro atoms. The van der Waals surface area contributed by atoms with Gasteiger partial charge in [-0.05, 0) is 30.7 Å². The molecule has 0 saturated heterocycles. The largest absolute Gasteiger partial charge is 0.362 e. The lowest BCUT2D eigenvalue weighted by Gasteiger charge is -2.15. The molecule has 2 aromatic heterocycles. The highest BCUT2D eigenvalue weighted by atomic mass is 32.2. The van der Waals surface area contributed by atoms with Crippen LogP contribution in [0.15, 0.2) is 67.3 Å². The SMILES string of the molecule is C[C@H](Nc1cncc(-n2cnc3cc(NS(C)(=O)=O)ccc32)n1)c1ccccc1. The summed E-state index contributed by atoms with van der Waals surface area (Å²) in [5.41, 5.74) is 3.06. The first kappa shape index (κ1) is 18.9. The molecule has 0 radical (unpaired) electrons. The molecule has 2 aromatic carbocycles. The number of rotatable bonds is 6. The van der Waals surface area contributed by atoms with Gasteiger partial charge in [0.15, 0.2) is 5.82 Å². The van der Waals surface area contributed by atoms with Gasteiger partial charge in [-0.3, -0.25) is 14.3 Å². The van der Waals surface area contributed by atoms with Crippen LogP contribution in [0.4, 0.5) is 11.5 Å². The second-order valence-electron chi connectivity index (χ2n) is 6.73. The zero-order valence-electron chi connectivity index (χ0n) is 15.9. The number of hydrogen-bond acceptors (Lipinski definition) is 6. The molecular weight excluding hydrogens is 388 g/mol. The van der Waals surface area contributed by atoms with Gasteiger partial charge in [0.05, 0.1) is 35.4 Å². The van der Waals surface area contributed by atoms with Crippen LogP contribution in [0.5, 0.6) is 0 Å². The lowest BCUT2D eigenvalue weighted by atomic mass is 10.1. The summed E-state index contributed by atoms with van der Waals surface area (Å²) >= 11 is 0. The van der Waals surface area contributed by atoms with E-state index >= 15 is 0 Å². The number of aromatic nitrogens is 4. The summed E-state index contributed by atoms with van der Waals surface area (Å²) in [5, 5.41) is 3.36. The topological polar surface area (TPSA) is 102 Å². The molecule has 0 aliphatic heterocycles. The molecule has 0 aliphatic carbocycles. The highest BCUT2D eigenvalue weighted by molar-refractivity contribution is 7.92. The third kappa shape index (κ3) is 4.35. The summed E-state index contributed by atoms with van der Waals surface area (Å²) in [6.07, 6.45) is 6.09. The molecule has 0 bridgehead atoms. The first-order chi connectivity index (χ1) is 13.9. The average Bonchev–Trinajstić information content (AvgIpc) is 3.11. The van der Waals surface area contributed by atoms with E-state index in [-0.39, 0.29) is 6.04 Å². The first-order valence-corrected chi connectivity index (χ1v) is 10.9. The van der Waals surface area contributed by atoms with Crippen LogP contribution in [0, 0.1) is 0 Å². The molecule has 0 unspecified atom stereocenters. The van der Waals surface area contributed by atoms with E-state index in [2.05, 4.69) is 44.0 Å². The zero-order valence-corrected chi connectivity index (χ0v) is 16.8. The predicted octanol–water partition coefficient (Wildman–Crippen LogP) is 3.36. The molecule has 0 amide bonds. The predicted molar refractivity (Wildman–Crippen MR) is 114 cm³/mol. The molecule has 4 rings (SSSR count). The minimum atomic E-state index is -3.35. The van der Waals surface area contributed by atoms with Crippen molar-refractivity contribution in [2.24, 2.45) is 0 Å². The Bertz CT molecular complexity index is 1250. The van der Waals surface area contributed by atoms with Gasteiger partial charge in [-0.15, -0.1) is 0 Å². The maximum Gasteiger partial charge on any atom is 0.229 e. The van der Waals surface area contributed by atoms with Crippen LogP contribution in [0.2, 0.25) is 0 Å². The van der Waals surface area contributed by atoms with E-state index in [9.17, 15) is 8.42 Å². The first-order valence-electron chi connectivity index (χ1n) is 8.98. The summed E-state index contributed by atoms with van der Waals surface area (Å²) in [7, 11) is -3.35. The van der Waals surface area contributed by atoms with Gasteiger partial charge in [0.2, 0.25) is 10.0 Å². The van der Waals surface area contributed by atoms with E-state index in [1.807, 2.05) is 22.8 Å². The van der Waals surface area contributed by atoms with Gasteiger partial charge in [0, 0.05) is 6.04 Å². The molecular formula is C20H20N6O2S. The fourth-order valence-corrected chi connectivity index (χ4v) is 3.62. The summed E-state index contributed by atoms with van der Waals surface area (Å²) in [6.45, 7) is 2.06. The molecule has 2 N–H and O–H groups in total. The van der Waals surface area contributed by atoms with E-state index in [1.54, 1.807) is 36.9 Å². The van der Waals surface area contributed by atoms with Gasteiger partial charge < -0.3 is 5.32 Å². The molecule has 8 nitrogen and oxygen atoms in total. The quantitative estimate of drug-likeness (QED) is 0.507. The third-order valence-corrected chi connectivity index (χ3v) is 4.99. The number of anilines is 2. The van der Waals surface area contributed by atoms with Crippen molar-refractivity contribution in [3.8, 4) is 5.82 Å². The molecule has 0 aliphatic rings. The van der Waals surface area contributed by atoms with Crippen molar-refractivity contribution >= 4 is 32.6 Å². The van der Waals surface area contributed by atoms with Gasteiger partial charge in [-0.1, -0.05) is 30.3 Å². The second-order valence-corrected chi connectivity index (χ2v) is 8.48. The number of hydrogen-bond donors (Lipinski definition) is 2. The van der Waals surface area contributed by atoms with E-state index in [0.717, 1.165) is 17.3 Å². The van der Waals surface area contributed by atoms with Crippen molar-refractivity contribution in [1.82, 2.24) is 19.5 Å². The highest BCUT2D eigenvalue weighted by Gasteiger charge is 2.11. The lowest BCUT2D eigenvalue weighted by Crippen LogP contribution is -2.10. The molecule has 2 heterocycles. The minimum absolute atomic E-state index is 0.0740. The van der Waals surface area contributed by atoms with Crippen LogP contribution in [0.3, 0.4) is 0 Å². The Morgan fingerprint density at radius 3 is 2.62 bits per heavy atom. The van der Waals surface area contributed by atoms with Gasteiger partial charge in [-0.2, -0.15) is 0 Å². The van der Waals surface area contributed by atoms with Gasteiger partial charge in [0.25, 0.3) is 0 Å². The highest BCUT2D eigenvalue weighted by Crippen LogP contribution is 2.22. The van der Waals surface area contributed by atoms with Gasteiger partial charge in [0.1, 0.15) is 12.1 Å². The van der Waals surface area contributed by atoms with Crippen LogP contribution in [-0.2, 0) is 10.0 Å². The van der Waals surface area contributed by atoms with Crippen molar-refractivity contribution < 1.29 is 8.42 Å². The fraction of sp³-hybridized carbons (Fsp3) is 0.150. The number of nitrogens with one attached hydrogen (secondary N) is 2. The Balaban J connectivity index is 1.62. The molecule has 4 aromatic rings. The summed E-state index contributed by atoms with van der Waals surface area (Å²) in [4.78, 5) is 13.3. The van der Waals surface area contributed by atoms with E-state index in [4.69, 9.17) is 0 Å². The number of nitrogens with zero attached hydrogens (tertiary/aromatic N) is 4. The normalized spacial score (nSPS) is 12.6. The maximum atomic E-state index is 11.4. The molecule has 0 fully saturated rings. The Kier molecular flexibility index (Phi) is 4.89. The van der Waals surface area contributed by atoms with Crippen molar-refractivity contribution in [1.29, 1.82) is 0 Å². The Morgan fingerprint density at radius 2 is 1.86 bits per heavy atom.